The number of ether oxygens (including phenoxy) is 2. The number of benzene rings is 2. The number of nitrogens with zero attached hydrogens (tertiary/aromatic N) is 3. The Morgan fingerprint density at radius 3 is 2.57 bits per heavy atom. The number of pyridine rings is 1. The van der Waals surface area contributed by atoms with Crippen LogP contribution < -0.4 is 15.0 Å². The number of carbonyl (C=O) groups is 1. The highest BCUT2D eigenvalue weighted by molar-refractivity contribution is 5.92. The Labute approximate surface area is 160 Å². The van der Waals surface area contributed by atoms with Gasteiger partial charge in [0, 0.05) is 16.5 Å². The molecule has 8 heteroatoms. The van der Waals surface area contributed by atoms with E-state index in [0.717, 1.165) is 16.7 Å². The molecule has 0 aliphatic carbocycles. The van der Waals surface area contributed by atoms with E-state index in [2.05, 4.69) is 15.0 Å². The van der Waals surface area contributed by atoms with Crippen molar-refractivity contribution in [3.8, 4) is 11.5 Å². The quantitative estimate of drug-likeness (QED) is 0.318. The summed E-state index contributed by atoms with van der Waals surface area (Å²) in [6, 6.07) is 14.4. The summed E-state index contributed by atoms with van der Waals surface area (Å²) >= 11 is 0. The summed E-state index contributed by atoms with van der Waals surface area (Å²) in [6.07, 6.45) is 4.39. The van der Waals surface area contributed by atoms with Crippen LogP contribution in [-0.2, 0) is 4.79 Å². The third kappa shape index (κ3) is 5.76. The second-order valence-corrected chi connectivity index (χ2v) is 5.40. The normalized spacial score (nSPS) is 9.93. The molecule has 0 radical (unpaired) electrons. The predicted molar refractivity (Wildman–Crippen MR) is 107 cm³/mol. The molecule has 8 nitrogen and oxygen atoms in total. The van der Waals surface area contributed by atoms with Gasteiger partial charge in [-0.2, -0.15) is 0 Å². The van der Waals surface area contributed by atoms with E-state index in [-0.39, 0.29) is 5.56 Å². The predicted octanol–water partition coefficient (Wildman–Crippen LogP) is 4.08. The summed E-state index contributed by atoms with van der Waals surface area (Å²) in [5.74, 6) is 0.840. The summed E-state index contributed by atoms with van der Waals surface area (Å²) in [6.45, 7) is 0. The third-order valence-corrected chi connectivity index (χ3v) is 3.64. The van der Waals surface area contributed by atoms with Crippen LogP contribution in [0.2, 0.25) is 0 Å². The first-order valence-electron chi connectivity index (χ1n) is 8.14. The Balaban J connectivity index is 0.000000202. The van der Waals surface area contributed by atoms with Crippen molar-refractivity contribution in [2.75, 3.05) is 14.2 Å². The van der Waals surface area contributed by atoms with Gasteiger partial charge in [0.15, 0.2) is 0 Å². The molecule has 0 atom stereocenters. The van der Waals surface area contributed by atoms with Crippen molar-refractivity contribution in [2.24, 2.45) is 5.11 Å². The van der Waals surface area contributed by atoms with Crippen LogP contribution in [-0.4, -0.2) is 25.1 Å². The van der Waals surface area contributed by atoms with Gasteiger partial charge in [0.25, 0.3) is 5.56 Å². The van der Waals surface area contributed by atoms with E-state index in [1.165, 1.54) is 6.08 Å². The summed E-state index contributed by atoms with van der Waals surface area (Å²) in [7, 11) is 3.17. The van der Waals surface area contributed by atoms with Gasteiger partial charge in [0.1, 0.15) is 11.5 Å². The fraction of sp³-hybridized carbons (Fsp3) is 0.100. The zero-order chi connectivity index (χ0) is 20.4. The maximum Gasteiger partial charge on any atom is 0.255 e. The number of fused-ring (bicyclic) bond motifs is 1. The fourth-order valence-corrected chi connectivity index (χ4v) is 2.29. The molecule has 2 aromatic carbocycles. The Kier molecular flexibility index (Phi) is 7.39. The summed E-state index contributed by atoms with van der Waals surface area (Å²) in [5.41, 5.74) is 8.73. The number of carbonyl (C=O) groups excluding carboxylic acids is 1. The maximum absolute atomic E-state index is 11.3. The molecule has 0 aliphatic heterocycles. The van der Waals surface area contributed by atoms with Crippen LogP contribution in [0, 0.1) is 0 Å². The molecule has 0 unspecified atom stereocenters. The molecular formula is C20H18N4O4. The number of H-pyrrole nitrogens is 1. The largest absolute Gasteiger partial charge is 0.497 e. The Morgan fingerprint density at radius 2 is 1.86 bits per heavy atom. The molecule has 1 aromatic heterocycles. The van der Waals surface area contributed by atoms with Crippen molar-refractivity contribution >= 4 is 22.8 Å². The standard InChI is InChI=1S/C10H9N3O2.C10H9NO2/c1-15-9-4-2-3-8(7-9)5-6-10(14)12-13-11;1-13-8-2-3-9-7(6-8)4-5-11-10(9)12/h2-7H,1H3;2-6H,1H3,(H,11,12)/b6-5+;. The molecule has 142 valence electrons. The monoisotopic (exact) mass is 378 g/mol. The number of methoxy groups -OCH3 is 2. The molecule has 0 saturated carbocycles. The Bertz CT molecular complexity index is 1100. The maximum atomic E-state index is 11.3. The summed E-state index contributed by atoms with van der Waals surface area (Å²) in [5, 5.41) is 4.48. The first-order valence-corrected chi connectivity index (χ1v) is 8.14. The third-order valence-electron chi connectivity index (χ3n) is 3.64. The molecule has 1 heterocycles. The van der Waals surface area contributed by atoms with Crippen LogP contribution in [0.4, 0.5) is 0 Å². The highest BCUT2D eigenvalue weighted by Crippen LogP contribution is 2.17. The number of hydrogen-bond donors (Lipinski definition) is 1. The van der Waals surface area contributed by atoms with Gasteiger partial charge in [-0.05, 0) is 64.1 Å². The van der Waals surface area contributed by atoms with Gasteiger partial charge in [-0.1, -0.05) is 18.2 Å². The molecule has 0 saturated heterocycles. The van der Waals surface area contributed by atoms with E-state index >= 15 is 0 Å². The van der Waals surface area contributed by atoms with E-state index in [1.807, 2.05) is 18.2 Å². The van der Waals surface area contributed by atoms with Crippen LogP contribution in [0.25, 0.3) is 27.3 Å². The lowest BCUT2D eigenvalue weighted by molar-refractivity contribution is -0.113. The van der Waals surface area contributed by atoms with E-state index in [1.54, 1.807) is 56.8 Å². The minimum absolute atomic E-state index is 0.0693. The van der Waals surface area contributed by atoms with E-state index < -0.39 is 5.91 Å². The number of aromatic amines is 1. The molecular weight excluding hydrogens is 360 g/mol. The van der Waals surface area contributed by atoms with Crippen LogP contribution in [0.5, 0.6) is 11.5 Å². The molecule has 3 rings (SSSR count). The lowest BCUT2D eigenvalue weighted by atomic mass is 10.2. The number of aromatic nitrogens is 1. The summed E-state index contributed by atoms with van der Waals surface area (Å²) in [4.78, 5) is 27.1. The number of rotatable bonds is 4. The van der Waals surface area contributed by atoms with Gasteiger partial charge in [-0.3, -0.25) is 9.59 Å². The van der Waals surface area contributed by atoms with E-state index in [4.69, 9.17) is 15.0 Å². The topological polar surface area (TPSA) is 117 Å². The number of amides is 1. The second kappa shape index (κ2) is 10.2. The van der Waals surface area contributed by atoms with Gasteiger partial charge in [0.2, 0.25) is 5.91 Å². The van der Waals surface area contributed by atoms with Gasteiger partial charge < -0.3 is 14.5 Å². The van der Waals surface area contributed by atoms with Crippen molar-refractivity contribution < 1.29 is 14.3 Å². The zero-order valence-electron chi connectivity index (χ0n) is 15.3. The van der Waals surface area contributed by atoms with Gasteiger partial charge in [0.05, 0.1) is 14.2 Å². The lowest BCUT2D eigenvalue weighted by Crippen LogP contribution is -2.03. The average molecular weight is 378 g/mol. The van der Waals surface area contributed by atoms with Crippen LogP contribution >= 0.6 is 0 Å². The van der Waals surface area contributed by atoms with Crippen molar-refractivity contribution in [1.29, 1.82) is 0 Å². The van der Waals surface area contributed by atoms with Crippen molar-refractivity contribution in [2.45, 2.75) is 0 Å². The Morgan fingerprint density at radius 1 is 1.11 bits per heavy atom. The number of nitrogens with one attached hydrogen (secondary N) is 1. The van der Waals surface area contributed by atoms with Crippen molar-refractivity contribution in [3.05, 3.63) is 87.2 Å². The van der Waals surface area contributed by atoms with Crippen LogP contribution in [0.15, 0.2) is 70.7 Å². The molecule has 1 amide bonds. The van der Waals surface area contributed by atoms with Crippen molar-refractivity contribution in [1.82, 2.24) is 4.98 Å². The molecule has 0 fully saturated rings. The Hall–Kier alpha value is -4.03. The van der Waals surface area contributed by atoms with Crippen LogP contribution in [0.1, 0.15) is 5.56 Å². The smallest absolute Gasteiger partial charge is 0.255 e. The molecule has 0 spiro atoms. The van der Waals surface area contributed by atoms with Gasteiger partial charge in [-0.15, -0.1) is 0 Å². The van der Waals surface area contributed by atoms with Crippen molar-refractivity contribution in [3.63, 3.8) is 0 Å². The van der Waals surface area contributed by atoms with Gasteiger partial charge >= 0.3 is 0 Å². The van der Waals surface area contributed by atoms with E-state index in [9.17, 15) is 9.59 Å². The zero-order valence-corrected chi connectivity index (χ0v) is 15.3. The second-order valence-electron chi connectivity index (χ2n) is 5.40. The van der Waals surface area contributed by atoms with Gasteiger partial charge in [-0.25, -0.2) is 0 Å². The molecule has 0 bridgehead atoms. The SMILES string of the molecule is COc1ccc2c(=O)[nH]ccc2c1.COc1cccc(/C=C/C(=O)N=[N+]=[N-])c1. The minimum Gasteiger partial charge on any atom is -0.497 e. The number of hydrogen-bond acceptors (Lipinski definition) is 4. The molecule has 0 aliphatic rings. The average Bonchev–Trinajstić information content (AvgIpc) is 2.73. The summed E-state index contributed by atoms with van der Waals surface area (Å²) < 4.78 is 10.1. The molecule has 3 aromatic rings. The highest BCUT2D eigenvalue weighted by atomic mass is 16.5. The molecule has 1 N–H and O–H groups in total. The minimum atomic E-state index is -0.625. The molecule has 28 heavy (non-hydrogen) atoms. The van der Waals surface area contributed by atoms with E-state index in [0.29, 0.717) is 11.1 Å². The highest BCUT2D eigenvalue weighted by Gasteiger charge is 1.98. The first kappa shape index (κ1) is 20.3. The van der Waals surface area contributed by atoms with Crippen LogP contribution in [0.3, 0.4) is 0 Å². The lowest BCUT2D eigenvalue weighted by Gasteiger charge is -2.00. The first-order chi connectivity index (χ1) is 13.6. The fourth-order valence-electron chi connectivity index (χ4n) is 2.29. The number of azide groups is 1.